The number of aromatic nitrogens is 2. The number of nitrogens with two attached hydrogens (primary N) is 1. The Balaban J connectivity index is 1.93. The maximum atomic E-state index is 12.3. The Morgan fingerprint density at radius 2 is 2.08 bits per heavy atom. The van der Waals surface area contributed by atoms with Crippen molar-refractivity contribution in [1.29, 1.82) is 0 Å². The lowest BCUT2D eigenvalue weighted by Crippen LogP contribution is -2.13. The first-order chi connectivity index (χ1) is 11.5. The number of fused-ring (bicyclic) bond motifs is 1. The predicted octanol–water partition coefficient (Wildman–Crippen LogP) is 2.50. The van der Waals surface area contributed by atoms with Gasteiger partial charge in [0, 0.05) is 12.4 Å². The minimum atomic E-state index is -0.597. The van der Waals surface area contributed by atoms with Crippen LogP contribution in [0.5, 0.6) is 0 Å². The van der Waals surface area contributed by atoms with Gasteiger partial charge in [0.1, 0.15) is 17.0 Å². The van der Waals surface area contributed by atoms with Crippen molar-refractivity contribution >= 4 is 46.1 Å². The summed E-state index contributed by atoms with van der Waals surface area (Å²) in [6, 6.07) is 4.52. The summed E-state index contributed by atoms with van der Waals surface area (Å²) in [7, 11) is 1.25. The molecule has 3 N–H and O–H groups in total. The molecule has 0 saturated heterocycles. The van der Waals surface area contributed by atoms with Crippen molar-refractivity contribution in [3.63, 3.8) is 0 Å². The third-order valence-electron chi connectivity index (χ3n) is 3.16. The molecule has 0 fully saturated rings. The molecule has 0 unspecified atom stereocenters. The van der Waals surface area contributed by atoms with E-state index < -0.39 is 11.9 Å². The number of methoxy groups -OCH3 is 1. The van der Waals surface area contributed by atoms with Gasteiger partial charge in [-0.1, -0.05) is 11.6 Å². The van der Waals surface area contributed by atoms with Gasteiger partial charge < -0.3 is 20.2 Å². The van der Waals surface area contributed by atoms with Crippen molar-refractivity contribution in [2.75, 3.05) is 18.2 Å². The number of furan rings is 1. The van der Waals surface area contributed by atoms with Crippen LogP contribution in [0.4, 0.5) is 11.5 Å². The summed E-state index contributed by atoms with van der Waals surface area (Å²) in [5, 5.41) is 2.97. The highest BCUT2D eigenvalue weighted by molar-refractivity contribution is 6.30. The lowest BCUT2D eigenvalue weighted by molar-refractivity contribution is 0.0600. The monoisotopic (exact) mass is 346 g/mol. The smallest absolute Gasteiger partial charge is 0.339 e. The van der Waals surface area contributed by atoms with Crippen molar-refractivity contribution in [2.24, 2.45) is 0 Å². The molecule has 0 aliphatic rings. The van der Waals surface area contributed by atoms with Gasteiger partial charge in [-0.2, -0.15) is 0 Å². The van der Waals surface area contributed by atoms with Crippen LogP contribution in [0.15, 0.2) is 35.0 Å². The standard InChI is InChI=1S/C15H11ClN4O4/c1-23-15(22)7-4-9-12(19-5-7)11(17)13(24-9)14(21)20-10-3-2-8(16)6-18-10/h2-6H,17H2,1H3,(H,18,20,21). The first kappa shape index (κ1) is 15.8. The highest BCUT2D eigenvalue weighted by Crippen LogP contribution is 2.28. The van der Waals surface area contributed by atoms with Crippen LogP contribution in [0.3, 0.4) is 0 Å². The molecule has 0 atom stereocenters. The van der Waals surface area contributed by atoms with Crippen LogP contribution in [0.1, 0.15) is 20.9 Å². The van der Waals surface area contributed by atoms with E-state index in [4.69, 9.17) is 21.8 Å². The van der Waals surface area contributed by atoms with Crippen LogP contribution < -0.4 is 11.1 Å². The number of nitrogen functional groups attached to an aromatic ring is 1. The van der Waals surface area contributed by atoms with E-state index in [2.05, 4.69) is 20.0 Å². The molecule has 122 valence electrons. The number of rotatable bonds is 3. The highest BCUT2D eigenvalue weighted by Gasteiger charge is 2.21. The van der Waals surface area contributed by atoms with Crippen LogP contribution in [-0.2, 0) is 4.74 Å². The SMILES string of the molecule is COC(=O)c1cnc2c(N)c(C(=O)Nc3ccc(Cl)cn3)oc2c1. The number of hydrogen-bond acceptors (Lipinski definition) is 7. The molecule has 3 aromatic heterocycles. The summed E-state index contributed by atoms with van der Waals surface area (Å²) >= 11 is 5.74. The van der Waals surface area contributed by atoms with Crippen LogP contribution in [0, 0.1) is 0 Å². The maximum Gasteiger partial charge on any atom is 0.339 e. The molecule has 1 amide bonds. The van der Waals surface area contributed by atoms with Gasteiger partial charge in [0.15, 0.2) is 5.58 Å². The molecule has 9 heteroatoms. The molecule has 0 radical (unpaired) electrons. The molecule has 3 heterocycles. The first-order valence-electron chi connectivity index (χ1n) is 6.69. The molecule has 0 aromatic carbocycles. The highest BCUT2D eigenvalue weighted by atomic mass is 35.5. The van der Waals surface area contributed by atoms with Crippen LogP contribution in [-0.4, -0.2) is 29.0 Å². The van der Waals surface area contributed by atoms with Crippen molar-refractivity contribution in [3.8, 4) is 0 Å². The van der Waals surface area contributed by atoms with E-state index in [0.29, 0.717) is 5.02 Å². The second-order valence-electron chi connectivity index (χ2n) is 4.72. The summed E-state index contributed by atoms with van der Waals surface area (Å²) in [5.41, 5.74) is 6.62. The summed E-state index contributed by atoms with van der Waals surface area (Å²) in [5.74, 6) is -1.01. The Labute approximate surface area is 140 Å². The van der Waals surface area contributed by atoms with E-state index in [0.717, 1.165) is 0 Å². The van der Waals surface area contributed by atoms with Gasteiger partial charge in [0.2, 0.25) is 5.76 Å². The summed E-state index contributed by atoms with van der Waals surface area (Å²) < 4.78 is 10.0. The molecule has 0 saturated carbocycles. The van der Waals surface area contributed by atoms with Crippen LogP contribution in [0.25, 0.3) is 11.1 Å². The number of anilines is 2. The fourth-order valence-corrected chi connectivity index (χ4v) is 2.13. The van der Waals surface area contributed by atoms with E-state index >= 15 is 0 Å². The van der Waals surface area contributed by atoms with E-state index in [1.165, 1.54) is 31.6 Å². The number of halogens is 1. The number of esters is 1. The van der Waals surface area contributed by atoms with E-state index in [1.807, 2.05) is 0 Å². The van der Waals surface area contributed by atoms with E-state index in [1.54, 1.807) is 6.07 Å². The molecule has 3 aromatic rings. The number of pyridine rings is 2. The normalized spacial score (nSPS) is 10.6. The predicted molar refractivity (Wildman–Crippen MR) is 87.0 cm³/mol. The number of ether oxygens (including phenoxy) is 1. The Morgan fingerprint density at radius 1 is 1.29 bits per heavy atom. The molecular formula is C15H11ClN4O4. The molecule has 24 heavy (non-hydrogen) atoms. The quantitative estimate of drug-likeness (QED) is 0.699. The zero-order valence-corrected chi connectivity index (χ0v) is 13.1. The number of hydrogen-bond donors (Lipinski definition) is 2. The fraction of sp³-hybridized carbons (Fsp3) is 0.0667. The molecular weight excluding hydrogens is 336 g/mol. The Hall–Kier alpha value is -3.13. The van der Waals surface area contributed by atoms with Gasteiger partial charge in [0.05, 0.1) is 17.7 Å². The van der Waals surface area contributed by atoms with Crippen molar-refractivity contribution in [1.82, 2.24) is 9.97 Å². The average Bonchev–Trinajstić information content (AvgIpc) is 2.92. The maximum absolute atomic E-state index is 12.3. The van der Waals surface area contributed by atoms with Gasteiger partial charge in [0.25, 0.3) is 5.91 Å². The van der Waals surface area contributed by atoms with Crippen molar-refractivity contribution < 1.29 is 18.7 Å². The van der Waals surface area contributed by atoms with Gasteiger partial charge in [-0.05, 0) is 18.2 Å². The third-order valence-corrected chi connectivity index (χ3v) is 3.38. The summed E-state index contributed by atoms with van der Waals surface area (Å²) in [6.07, 6.45) is 2.69. The summed E-state index contributed by atoms with van der Waals surface area (Å²) in [4.78, 5) is 31.8. The largest absolute Gasteiger partial charge is 0.465 e. The number of carbonyl (C=O) groups is 2. The second kappa shape index (κ2) is 6.17. The molecule has 8 nitrogen and oxygen atoms in total. The van der Waals surface area contributed by atoms with Crippen molar-refractivity contribution in [3.05, 3.63) is 46.9 Å². The van der Waals surface area contributed by atoms with Crippen LogP contribution >= 0.6 is 11.6 Å². The zero-order valence-electron chi connectivity index (χ0n) is 12.4. The molecule has 0 aliphatic heterocycles. The second-order valence-corrected chi connectivity index (χ2v) is 5.16. The number of nitrogens with one attached hydrogen (secondary N) is 1. The van der Waals surface area contributed by atoms with Gasteiger partial charge in [-0.3, -0.25) is 4.79 Å². The summed E-state index contributed by atoms with van der Waals surface area (Å²) in [6.45, 7) is 0. The topological polar surface area (TPSA) is 120 Å². The minimum Gasteiger partial charge on any atom is -0.465 e. The molecule has 0 bridgehead atoms. The van der Waals surface area contributed by atoms with Gasteiger partial charge >= 0.3 is 5.97 Å². The molecule has 0 spiro atoms. The minimum absolute atomic E-state index is 0.0629. The Bertz CT molecular complexity index is 937. The Kier molecular flexibility index (Phi) is 4.05. The molecule has 0 aliphatic carbocycles. The fourth-order valence-electron chi connectivity index (χ4n) is 2.02. The number of nitrogens with zero attached hydrogens (tertiary/aromatic N) is 2. The van der Waals surface area contributed by atoms with Gasteiger partial charge in [-0.25, -0.2) is 14.8 Å². The zero-order chi connectivity index (χ0) is 17.3. The van der Waals surface area contributed by atoms with E-state index in [-0.39, 0.29) is 33.9 Å². The van der Waals surface area contributed by atoms with E-state index in [9.17, 15) is 9.59 Å². The van der Waals surface area contributed by atoms with Gasteiger partial charge in [-0.15, -0.1) is 0 Å². The third kappa shape index (κ3) is 2.86. The van der Waals surface area contributed by atoms with Crippen LogP contribution in [0.2, 0.25) is 5.02 Å². The Morgan fingerprint density at radius 3 is 2.75 bits per heavy atom. The lowest BCUT2D eigenvalue weighted by Gasteiger charge is -2.02. The van der Waals surface area contributed by atoms with Crippen molar-refractivity contribution in [2.45, 2.75) is 0 Å². The number of carbonyl (C=O) groups excluding carboxylic acids is 2. The number of amides is 1. The molecule has 3 rings (SSSR count). The first-order valence-corrected chi connectivity index (χ1v) is 7.06. The average molecular weight is 347 g/mol. The lowest BCUT2D eigenvalue weighted by atomic mass is 10.2.